The van der Waals surface area contributed by atoms with Gasteiger partial charge in [0.2, 0.25) is 0 Å². The van der Waals surface area contributed by atoms with E-state index in [1.807, 2.05) is 56.3 Å². The van der Waals surface area contributed by atoms with Crippen LogP contribution in [0.5, 0.6) is 11.5 Å². The van der Waals surface area contributed by atoms with Crippen molar-refractivity contribution in [2.45, 2.75) is 13.8 Å². The molecule has 2 heteroatoms. The Kier molecular flexibility index (Phi) is 2.82. The molecule has 0 aliphatic rings. The molecule has 0 amide bonds. The van der Waals surface area contributed by atoms with Gasteiger partial charge in [0, 0.05) is 0 Å². The zero-order chi connectivity index (χ0) is 11.5. The van der Waals surface area contributed by atoms with E-state index in [0.29, 0.717) is 5.69 Å². The molecule has 0 aliphatic heterocycles. The van der Waals surface area contributed by atoms with Gasteiger partial charge in [0.1, 0.15) is 5.75 Å². The SMILES string of the molecule is Cc1ccc(C)c(Oc2ccccc2)c1N. The molecule has 0 fully saturated rings. The van der Waals surface area contributed by atoms with Crippen molar-refractivity contribution in [2.24, 2.45) is 0 Å². The monoisotopic (exact) mass is 213 g/mol. The van der Waals surface area contributed by atoms with Gasteiger partial charge in [-0.15, -0.1) is 0 Å². The number of hydrogen-bond acceptors (Lipinski definition) is 2. The first kappa shape index (κ1) is 10.6. The van der Waals surface area contributed by atoms with Crippen molar-refractivity contribution in [1.29, 1.82) is 0 Å². The molecule has 82 valence electrons. The maximum absolute atomic E-state index is 6.01. The van der Waals surface area contributed by atoms with Crippen LogP contribution in [-0.2, 0) is 0 Å². The summed E-state index contributed by atoms with van der Waals surface area (Å²) in [6, 6.07) is 13.7. The van der Waals surface area contributed by atoms with E-state index in [9.17, 15) is 0 Å². The van der Waals surface area contributed by atoms with Crippen molar-refractivity contribution in [3.8, 4) is 11.5 Å². The Morgan fingerprint density at radius 1 is 0.875 bits per heavy atom. The van der Waals surface area contributed by atoms with E-state index in [4.69, 9.17) is 10.5 Å². The van der Waals surface area contributed by atoms with Gasteiger partial charge in [0.25, 0.3) is 0 Å². The standard InChI is InChI=1S/C14H15NO/c1-10-8-9-11(2)14(13(10)15)16-12-6-4-3-5-7-12/h3-9H,15H2,1-2H3. The Hall–Kier alpha value is -1.96. The lowest BCUT2D eigenvalue weighted by molar-refractivity contribution is 0.481. The van der Waals surface area contributed by atoms with Gasteiger partial charge in [-0.05, 0) is 37.1 Å². The minimum atomic E-state index is 0.712. The van der Waals surface area contributed by atoms with Crippen molar-refractivity contribution in [2.75, 3.05) is 5.73 Å². The van der Waals surface area contributed by atoms with Crippen molar-refractivity contribution in [3.63, 3.8) is 0 Å². The molecule has 0 atom stereocenters. The van der Waals surface area contributed by atoms with Crippen LogP contribution < -0.4 is 10.5 Å². The molecule has 2 aromatic carbocycles. The summed E-state index contributed by atoms with van der Waals surface area (Å²) in [7, 11) is 0. The maximum atomic E-state index is 6.01. The number of nitrogen functional groups attached to an aromatic ring is 1. The molecular formula is C14H15NO. The number of anilines is 1. The lowest BCUT2D eigenvalue weighted by Gasteiger charge is -2.12. The van der Waals surface area contributed by atoms with Gasteiger partial charge in [-0.2, -0.15) is 0 Å². The summed E-state index contributed by atoms with van der Waals surface area (Å²) in [6.45, 7) is 3.97. The third-order valence-electron chi connectivity index (χ3n) is 2.57. The van der Waals surface area contributed by atoms with Crippen LogP contribution in [0.2, 0.25) is 0 Å². The number of ether oxygens (including phenoxy) is 1. The second-order valence-corrected chi connectivity index (χ2v) is 3.86. The summed E-state index contributed by atoms with van der Waals surface area (Å²) >= 11 is 0. The molecule has 0 spiro atoms. The number of aryl methyl sites for hydroxylation is 2. The molecular weight excluding hydrogens is 198 g/mol. The van der Waals surface area contributed by atoms with Gasteiger partial charge in [-0.1, -0.05) is 30.3 Å². The Labute approximate surface area is 95.7 Å². The van der Waals surface area contributed by atoms with Crippen LogP contribution in [0.1, 0.15) is 11.1 Å². The lowest BCUT2D eigenvalue weighted by atomic mass is 10.1. The van der Waals surface area contributed by atoms with Crippen LogP contribution in [0.4, 0.5) is 5.69 Å². The fraction of sp³-hybridized carbons (Fsp3) is 0.143. The third kappa shape index (κ3) is 2.01. The number of nitrogens with two attached hydrogens (primary N) is 1. The van der Waals surface area contributed by atoms with E-state index in [-0.39, 0.29) is 0 Å². The number of benzene rings is 2. The minimum Gasteiger partial charge on any atom is -0.455 e. The highest BCUT2D eigenvalue weighted by Crippen LogP contribution is 2.32. The predicted molar refractivity (Wildman–Crippen MR) is 66.8 cm³/mol. The normalized spacial score (nSPS) is 10.1. The Morgan fingerprint density at radius 2 is 1.50 bits per heavy atom. The summed E-state index contributed by atoms with van der Waals surface area (Å²) in [5, 5.41) is 0. The van der Waals surface area contributed by atoms with E-state index in [2.05, 4.69) is 0 Å². The molecule has 0 bridgehead atoms. The molecule has 2 aromatic rings. The highest BCUT2D eigenvalue weighted by molar-refractivity contribution is 5.62. The molecule has 2 nitrogen and oxygen atoms in total. The van der Waals surface area contributed by atoms with Gasteiger partial charge >= 0.3 is 0 Å². The Morgan fingerprint density at radius 3 is 2.19 bits per heavy atom. The van der Waals surface area contributed by atoms with Gasteiger partial charge in [0.15, 0.2) is 5.75 Å². The second-order valence-electron chi connectivity index (χ2n) is 3.86. The topological polar surface area (TPSA) is 35.2 Å². The fourth-order valence-electron chi connectivity index (χ4n) is 1.55. The summed E-state index contributed by atoms with van der Waals surface area (Å²) < 4.78 is 5.80. The molecule has 0 radical (unpaired) electrons. The van der Waals surface area contributed by atoms with Crippen molar-refractivity contribution >= 4 is 5.69 Å². The second kappa shape index (κ2) is 4.27. The summed E-state index contributed by atoms with van der Waals surface area (Å²) in [5.74, 6) is 1.56. The summed E-state index contributed by atoms with van der Waals surface area (Å²) in [5.41, 5.74) is 8.80. The maximum Gasteiger partial charge on any atom is 0.153 e. The Bertz CT molecular complexity index is 492. The Balaban J connectivity index is 2.38. The number of hydrogen-bond donors (Lipinski definition) is 1. The molecule has 0 saturated heterocycles. The number of rotatable bonds is 2. The fourth-order valence-corrected chi connectivity index (χ4v) is 1.55. The van der Waals surface area contributed by atoms with Crippen LogP contribution in [0.15, 0.2) is 42.5 Å². The molecule has 0 heterocycles. The van der Waals surface area contributed by atoms with E-state index < -0.39 is 0 Å². The predicted octanol–water partition coefficient (Wildman–Crippen LogP) is 3.68. The van der Waals surface area contributed by atoms with Gasteiger partial charge in [-0.25, -0.2) is 0 Å². The lowest BCUT2D eigenvalue weighted by Crippen LogP contribution is -1.97. The van der Waals surface area contributed by atoms with Crippen molar-refractivity contribution < 1.29 is 4.74 Å². The van der Waals surface area contributed by atoms with Gasteiger partial charge in [-0.3, -0.25) is 0 Å². The molecule has 2 rings (SSSR count). The summed E-state index contributed by atoms with van der Waals surface area (Å²) in [6.07, 6.45) is 0. The summed E-state index contributed by atoms with van der Waals surface area (Å²) in [4.78, 5) is 0. The minimum absolute atomic E-state index is 0.712. The quantitative estimate of drug-likeness (QED) is 0.772. The van der Waals surface area contributed by atoms with Crippen molar-refractivity contribution in [3.05, 3.63) is 53.6 Å². The van der Waals surface area contributed by atoms with Crippen LogP contribution in [-0.4, -0.2) is 0 Å². The van der Waals surface area contributed by atoms with E-state index in [1.54, 1.807) is 0 Å². The average molecular weight is 213 g/mol. The molecule has 0 saturated carbocycles. The van der Waals surface area contributed by atoms with Crippen LogP contribution in [0.25, 0.3) is 0 Å². The average Bonchev–Trinajstić information content (AvgIpc) is 2.31. The zero-order valence-electron chi connectivity index (χ0n) is 9.53. The highest BCUT2D eigenvalue weighted by atomic mass is 16.5. The zero-order valence-corrected chi connectivity index (χ0v) is 9.53. The molecule has 0 unspecified atom stereocenters. The van der Waals surface area contributed by atoms with Gasteiger partial charge in [0.05, 0.1) is 5.69 Å². The first-order chi connectivity index (χ1) is 7.68. The van der Waals surface area contributed by atoms with Crippen LogP contribution in [0.3, 0.4) is 0 Å². The van der Waals surface area contributed by atoms with Crippen molar-refractivity contribution in [1.82, 2.24) is 0 Å². The first-order valence-electron chi connectivity index (χ1n) is 5.27. The number of para-hydroxylation sites is 1. The largest absolute Gasteiger partial charge is 0.455 e. The molecule has 2 N–H and O–H groups in total. The van der Waals surface area contributed by atoms with Gasteiger partial charge < -0.3 is 10.5 Å². The molecule has 0 aliphatic carbocycles. The highest BCUT2D eigenvalue weighted by Gasteiger charge is 2.07. The first-order valence-corrected chi connectivity index (χ1v) is 5.27. The van der Waals surface area contributed by atoms with E-state index in [1.165, 1.54) is 0 Å². The molecule has 0 aromatic heterocycles. The molecule has 16 heavy (non-hydrogen) atoms. The van der Waals surface area contributed by atoms with E-state index >= 15 is 0 Å². The third-order valence-corrected chi connectivity index (χ3v) is 2.57. The van der Waals surface area contributed by atoms with Crippen LogP contribution in [0, 0.1) is 13.8 Å². The smallest absolute Gasteiger partial charge is 0.153 e. The van der Waals surface area contributed by atoms with Crippen LogP contribution >= 0.6 is 0 Å². The van der Waals surface area contributed by atoms with E-state index in [0.717, 1.165) is 22.6 Å².